The molecule has 0 spiro atoms. The fourth-order valence-electron chi connectivity index (χ4n) is 2.02. The predicted octanol–water partition coefficient (Wildman–Crippen LogP) is 0.0213. The molecule has 1 heterocycles. The Morgan fingerprint density at radius 3 is 2.50 bits per heavy atom. The molecule has 1 aliphatic rings. The predicted molar refractivity (Wildman–Crippen MR) is 90.3 cm³/mol. The first-order valence-electron chi connectivity index (χ1n) is 6.31. The van der Waals surface area contributed by atoms with E-state index in [-0.39, 0.29) is 35.6 Å². The lowest BCUT2D eigenvalue weighted by Gasteiger charge is -2.26. The largest absolute Gasteiger partial charge is 0.325 e. The van der Waals surface area contributed by atoms with E-state index >= 15 is 0 Å². The molecule has 126 valence electrons. The number of amides is 1. The number of carbonyl (C=O) groups is 1. The Balaban J connectivity index is 0.00000220. The lowest BCUT2D eigenvalue weighted by molar-refractivity contribution is -0.117. The summed E-state index contributed by atoms with van der Waals surface area (Å²) in [6, 6.07) is 5.91. The minimum atomic E-state index is -3.76. The van der Waals surface area contributed by atoms with Gasteiger partial charge in [-0.1, -0.05) is 6.07 Å². The zero-order chi connectivity index (χ0) is 14.6. The molecular formula is C12H20Cl2N4O3S. The normalized spacial score (nSPS) is 15.3. The van der Waals surface area contributed by atoms with Crippen molar-refractivity contribution in [2.75, 3.05) is 38.0 Å². The summed E-state index contributed by atoms with van der Waals surface area (Å²) in [5, 5.41) is 10.9. The Bertz CT molecular complexity index is 592. The number of piperazine rings is 1. The molecule has 0 saturated carbocycles. The summed E-state index contributed by atoms with van der Waals surface area (Å²) in [6.45, 7) is 3.68. The van der Waals surface area contributed by atoms with E-state index in [1.807, 2.05) is 4.90 Å². The molecule has 1 amide bonds. The molecule has 4 N–H and O–H groups in total. The van der Waals surface area contributed by atoms with Gasteiger partial charge in [-0.05, 0) is 18.2 Å². The van der Waals surface area contributed by atoms with Gasteiger partial charge in [-0.2, -0.15) is 0 Å². The number of sulfonamides is 1. The third-order valence-corrected chi connectivity index (χ3v) is 3.93. The van der Waals surface area contributed by atoms with Crippen LogP contribution in [0.15, 0.2) is 29.2 Å². The van der Waals surface area contributed by atoms with Crippen molar-refractivity contribution in [2.45, 2.75) is 4.90 Å². The number of halogens is 2. The fourth-order valence-corrected chi connectivity index (χ4v) is 2.58. The van der Waals surface area contributed by atoms with Crippen LogP contribution >= 0.6 is 24.8 Å². The number of rotatable bonds is 4. The maximum Gasteiger partial charge on any atom is 0.238 e. The molecule has 0 radical (unpaired) electrons. The monoisotopic (exact) mass is 370 g/mol. The average molecular weight is 371 g/mol. The lowest BCUT2D eigenvalue weighted by atomic mass is 10.3. The Morgan fingerprint density at radius 2 is 1.91 bits per heavy atom. The Morgan fingerprint density at radius 1 is 1.27 bits per heavy atom. The van der Waals surface area contributed by atoms with Gasteiger partial charge < -0.3 is 10.6 Å². The van der Waals surface area contributed by atoms with Gasteiger partial charge in [0.15, 0.2) is 0 Å². The van der Waals surface area contributed by atoms with Crippen molar-refractivity contribution < 1.29 is 13.2 Å². The minimum absolute atomic E-state index is 0. The highest BCUT2D eigenvalue weighted by Gasteiger charge is 2.14. The molecule has 0 atom stereocenters. The van der Waals surface area contributed by atoms with Crippen molar-refractivity contribution in [1.29, 1.82) is 0 Å². The van der Waals surface area contributed by atoms with Gasteiger partial charge in [0.05, 0.1) is 11.4 Å². The van der Waals surface area contributed by atoms with Gasteiger partial charge >= 0.3 is 0 Å². The van der Waals surface area contributed by atoms with Crippen LogP contribution in [0, 0.1) is 0 Å². The second-order valence-corrected chi connectivity index (χ2v) is 6.21. The number of nitrogens with zero attached hydrogens (tertiary/aromatic N) is 1. The van der Waals surface area contributed by atoms with Gasteiger partial charge in [0.1, 0.15) is 0 Å². The van der Waals surface area contributed by atoms with Gasteiger partial charge in [0, 0.05) is 31.9 Å². The van der Waals surface area contributed by atoms with Crippen LogP contribution in [0.2, 0.25) is 0 Å². The van der Waals surface area contributed by atoms with Gasteiger partial charge in [-0.25, -0.2) is 13.6 Å². The van der Waals surface area contributed by atoms with Crippen molar-refractivity contribution in [3.63, 3.8) is 0 Å². The summed E-state index contributed by atoms with van der Waals surface area (Å²) in [5.74, 6) is -0.168. The number of nitrogens with one attached hydrogen (secondary N) is 2. The zero-order valence-electron chi connectivity index (χ0n) is 11.8. The quantitative estimate of drug-likeness (QED) is 0.692. The van der Waals surface area contributed by atoms with E-state index in [0.29, 0.717) is 12.2 Å². The fraction of sp³-hybridized carbons (Fsp3) is 0.417. The number of nitrogens with two attached hydrogens (primary N) is 1. The third-order valence-electron chi connectivity index (χ3n) is 3.02. The van der Waals surface area contributed by atoms with E-state index in [0.717, 1.165) is 26.2 Å². The van der Waals surface area contributed by atoms with Crippen LogP contribution in [0.1, 0.15) is 0 Å². The number of hydrogen-bond donors (Lipinski definition) is 3. The number of anilines is 1. The highest BCUT2D eigenvalue weighted by molar-refractivity contribution is 7.89. The number of hydrogen-bond acceptors (Lipinski definition) is 5. The summed E-state index contributed by atoms with van der Waals surface area (Å²) in [6.07, 6.45) is 0. The Hall–Kier alpha value is -0.900. The van der Waals surface area contributed by atoms with E-state index in [9.17, 15) is 13.2 Å². The van der Waals surface area contributed by atoms with Gasteiger partial charge in [0.2, 0.25) is 15.9 Å². The number of primary sulfonamides is 1. The van der Waals surface area contributed by atoms with E-state index in [1.165, 1.54) is 12.1 Å². The van der Waals surface area contributed by atoms with Crippen LogP contribution < -0.4 is 15.8 Å². The van der Waals surface area contributed by atoms with Crippen molar-refractivity contribution in [3.8, 4) is 0 Å². The highest BCUT2D eigenvalue weighted by Crippen LogP contribution is 2.14. The van der Waals surface area contributed by atoms with Crippen LogP contribution in [0.25, 0.3) is 0 Å². The van der Waals surface area contributed by atoms with E-state index < -0.39 is 10.0 Å². The SMILES string of the molecule is Cl.Cl.NS(=O)(=O)c1cccc(NC(=O)CN2CCNCC2)c1. The van der Waals surface area contributed by atoms with Crippen molar-refractivity contribution >= 4 is 46.4 Å². The standard InChI is InChI=1S/C12H18N4O3S.2ClH/c13-20(18,19)11-3-1-2-10(8-11)15-12(17)9-16-6-4-14-5-7-16;;/h1-3,8,14H,4-7,9H2,(H,15,17)(H2,13,18,19);2*1H. The lowest BCUT2D eigenvalue weighted by Crippen LogP contribution is -2.46. The topological polar surface area (TPSA) is 105 Å². The van der Waals surface area contributed by atoms with Crippen molar-refractivity contribution in [1.82, 2.24) is 10.2 Å². The maximum absolute atomic E-state index is 11.9. The van der Waals surface area contributed by atoms with E-state index in [2.05, 4.69) is 10.6 Å². The summed E-state index contributed by atoms with van der Waals surface area (Å²) < 4.78 is 22.5. The molecule has 0 aromatic heterocycles. The van der Waals surface area contributed by atoms with Crippen molar-refractivity contribution in [3.05, 3.63) is 24.3 Å². The van der Waals surface area contributed by atoms with E-state index in [4.69, 9.17) is 5.14 Å². The molecule has 10 heteroatoms. The van der Waals surface area contributed by atoms with Gasteiger partial charge in [0.25, 0.3) is 0 Å². The summed E-state index contributed by atoms with van der Waals surface area (Å²) >= 11 is 0. The first-order chi connectivity index (χ1) is 9.45. The molecule has 0 aliphatic carbocycles. The zero-order valence-corrected chi connectivity index (χ0v) is 14.3. The van der Waals surface area contributed by atoms with Crippen LogP contribution in [0.5, 0.6) is 0 Å². The van der Waals surface area contributed by atoms with Gasteiger partial charge in [-0.3, -0.25) is 9.69 Å². The van der Waals surface area contributed by atoms with E-state index in [1.54, 1.807) is 12.1 Å². The first-order valence-corrected chi connectivity index (χ1v) is 7.85. The number of benzene rings is 1. The van der Waals surface area contributed by atoms with Crippen LogP contribution in [0.4, 0.5) is 5.69 Å². The second-order valence-electron chi connectivity index (χ2n) is 4.65. The average Bonchev–Trinajstić information content (AvgIpc) is 2.39. The number of carbonyl (C=O) groups excluding carboxylic acids is 1. The van der Waals surface area contributed by atoms with Crippen LogP contribution in [0.3, 0.4) is 0 Å². The molecule has 1 saturated heterocycles. The first kappa shape index (κ1) is 21.1. The molecule has 22 heavy (non-hydrogen) atoms. The summed E-state index contributed by atoms with van der Waals surface area (Å²) in [5.41, 5.74) is 0.427. The molecule has 0 unspecified atom stereocenters. The summed E-state index contributed by atoms with van der Waals surface area (Å²) in [7, 11) is -3.76. The van der Waals surface area contributed by atoms with Crippen LogP contribution in [-0.2, 0) is 14.8 Å². The van der Waals surface area contributed by atoms with Crippen molar-refractivity contribution in [2.24, 2.45) is 5.14 Å². The highest BCUT2D eigenvalue weighted by atomic mass is 35.5. The Kier molecular flexibility index (Phi) is 8.91. The molecule has 2 rings (SSSR count). The smallest absolute Gasteiger partial charge is 0.238 e. The second kappa shape index (κ2) is 9.29. The molecule has 0 bridgehead atoms. The molecule has 1 aromatic carbocycles. The molecule has 7 nitrogen and oxygen atoms in total. The van der Waals surface area contributed by atoms with Gasteiger partial charge in [-0.15, -0.1) is 24.8 Å². The Labute approximate surface area is 142 Å². The molecule has 1 fully saturated rings. The van der Waals surface area contributed by atoms with Crippen LogP contribution in [-0.4, -0.2) is 51.9 Å². The minimum Gasteiger partial charge on any atom is -0.325 e. The molecular weight excluding hydrogens is 351 g/mol. The maximum atomic E-state index is 11.9. The molecule has 1 aliphatic heterocycles. The summed E-state index contributed by atoms with van der Waals surface area (Å²) in [4.78, 5) is 13.9. The molecule has 1 aromatic rings. The third kappa shape index (κ3) is 6.47.